The number of benzene rings is 2. The van der Waals surface area contributed by atoms with Crippen molar-refractivity contribution in [2.45, 2.75) is 13.0 Å². The summed E-state index contributed by atoms with van der Waals surface area (Å²) in [7, 11) is 0. The van der Waals surface area contributed by atoms with Crippen LogP contribution in [-0.4, -0.2) is 67.7 Å². The van der Waals surface area contributed by atoms with Crippen LogP contribution in [0.25, 0.3) is 0 Å². The number of hydrogen-bond donors (Lipinski definition) is 0. The molecule has 2 aromatic carbocycles. The van der Waals surface area contributed by atoms with Crippen molar-refractivity contribution in [2.24, 2.45) is 0 Å². The van der Waals surface area contributed by atoms with Crippen LogP contribution in [0.5, 0.6) is 5.75 Å². The minimum Gasteiger partial charge on any atom is -0.489 e. The zero-order valence-corrected chi connectivity index (χ0v) is 17.2. The summed E-state index contributed by atoms with van der Waals surface area (Å²) >= 11 is 0. The minimum atomic E-state index is -0.283. The highest BCUT2D eigenvalue weighted by Crippen LogP contribution is 2.39. The van der Waals surface area contributed by atoms with Crippen LogP contribution in [0.15, 0.2) is 54.6 Å². The number of rotatable bonds is 4. The van der Waals surface area contributed by atoms with Gasteiger partial charge in [-0.05, 0) is 24.6 Å². The first kappa shape index (κ1) is 20.2. The Balaban J connectivity index is 1.49. The fraction of sp³-hybridized carbons (Fsp3) is 0.391. The summed E-state index contributed by atoms with van der Waals surface area (Å²) in [5.74, 6) is 0.759. The largest absolute Gasteiger partial charge is 0.489 e. The lowest BCUT2D eigenvalue weighted by Crippen LogP contribution is -2.52. The number of para-hydroxylation sites is 2. The Morgan fingerprint density at radius 3 is 2.43 bits per heavy atom. The molecule has 0 saturated carbocycles. The van der Waals surface area contributed by atoms with Gasteiger partial charge in [-0.3, -0.25) is 14.6 Å². The van der Waals surface area contributed by atoms with E-state index in [0.29, 0.717) is 45.9 Å². The molecule has 7 nitrogen and oxygen atoms in total. The predicted molar refractivity (Wildman–Crippen MR) is 114 cm³/mol. The third kappa shape index (κ3) is 4.26. The molecule has 2 aromatic rings. The maximum absolute atomic E-state index is 13.5. The van der Waals surface area contributed by atoms with Gasteiger partial charge in [0.25, 0.3) is 0 Å². The van der Waals surface area contributed by atoms with Gasteiger partial charge >= 0.3 is 6.09 Å². The van der Waals surface area contributed by atoms with Crippen LogP contribution in [0.1, 0.15) is 18.5 Å². The average Bonchev–Trinajstić information content (AvgIpc) is 2.79. The van der Waals surface area contributed by atoms with Crippen molar-refractivity contribution < 1.29 is 19.1 Å². The molecule has 2 aliphatic rings. The Bertz CT molecular complexity index is 881. The van der Waals surface area contributed by atoms with E-state index in [4.69, 9.17) is 9.47 Å². The summed E-state index contributed by atoms with van der Waals surface area (Å²) in [5, 5.41) is 0. The molecule has 4 rings (SSSR count). The highest BCUT2D eigenvalue weighted by Gasteiger charge is 2.34. The molecule has 7 heteroatoms. The number of nitrogens with zero attached hydrogens (tertiary/aromatic N) is 3. The van der Waals surface area contributed by atoms with E-state index in [1.807, 2.05) is 59.5 Å². The Labute approximate surface area is 176 Å². The van der Waals surface area contributed by atoms with Gasteiger partial charge in [0.1, 0.15) is 12.4 Å². The summed E-state index contributed by atoms with van der Waals surface area (Å²) in [6.45, 7) is 5.31. The molecule has 30 heavy (non-hydrogen) atoms. The maximum atomic E-state index is 13.5. The first-order chi connectivity index (χ1) is 14.7. The minimum absolute atomic E-state index is 0.0317. The van der Waals surface area contributed by atoms with Gasteiger partial charge in [-0.1, -0.05) is 42.5 Å². The molecule has 158 valence electrons. The second kappa shape index (κ2) is 9.17. The van der Waals surface area contributed by atoms with E-state index >= 15 is 0 Å². The number of carbonyl (C=O) groups is 2. The molecule has 1 fully saturated rings. The normalized spacial score (nSPS) is 19.0. The smallest absolute Gasteiger partial charge is 0.409 e. The zero-order chi connectivity index (χ0) is 20.9. The van der Waals surface area contributed by atoms with E-state index in [2.05, 4.69) is 4.90 Å². The van der Waals surface area contributed by atoms with Crippen molar-refractivity contribution in [3.8, 4) is 5.75 Å². The SMILES string of the molecule is CCOC(=O)N1CCN(CC(=O)N2c3ccccc3OC[C@H]2c2ccccc2)CC1. The number of anilines is 1. The third-order valence-electron chi connectivity index (χ3n) is 5.54. The van der Waals surface area contributed by atoms with Crippen molar-refractivity contribution in [1.29, 1.82) is 0 Å². The Kier molecular flexibility index (Phi) is 6.18. The molecule has 0 aromatic heterocycles. The molecule has 2 heterocycles. The molecule has 0 unspecified atom stereocenters. The first-order valence-electron chi connectivity index (χ1n) is 10.4. The average molecular weight is 409 g/mol. The molecule has 0 aliphatic carbocycles. The molecular formula is C23H27N3O4. The summed E-state index contributed by atoms with van der Waals surface area (Å²) in [4.78, 5) is 31.0. The Hall–Kier alpha value is -3.06. The number of fused-ring (bicyclic) bond motifs is 1. The quantitative estimate of drug-likeness (QED) is 0.777. The number of piperazine rings is 1. The first-order valence-corrected chi connectivity index (χ1v) is 10.4. The number of amides is 2. The van der Waals surface area contributed by atoms with E-state index in [-0.39, 0.29) is 18.0 Å². The van der Waals surface area contributed by atoms with Gasteiger partial charge in [0.15, 0.2) is 0 Å². The highest BCUT2D eigenvalue weighted by molar-refractivity contribution is 5.97. The Morgan fingerprint density at radius 1 is 1.00 bits per heavy atom. The molecule has 0 bridgehead atoms. The van der Waals surface area contributed by atoms with Crippen molar-refractivity contribution in [1.82, 2.24) is 9.80 Å². The number of hydrogen-bond acceptors (Lipinski definition) is 5. The molecule has 1 atom stereocenters. The van der Waals surface area contributed by atoms with Crippen molar-refractivity contribution in [2.75, 3.05) is 50.8 Å². The van der Waals surface area contributed by atoms with Gasteiger partial charge in [0.05, 0.1) is 24.9 Å². The van der Waals surface area contributed by atoms with E-state index in [1.54, 1.807) is 11.8 Å². The van der Waals surface area contributed by atoms with Crippen LogP contribution in [0.4, 0.5) is 10.5 Å². The van der Waals surface area contributed by atoms with Gasteiger partial charge in [0, 0.05) is 26.2 Å². The van der Waals surface area contributed by atoms with Crippen LogP contribution in [0.3, 0.4) is 0 Å². The summed E-state index contributed by atoms with van der Waals surface area (Å²) in [6.07, 6.45) is -0.283. The standard InChI is InChI=1S/C23H27N3O4/c1-2-29-23(28)25-14-12-24(13-15-25)16-22(27)26-19-10-6-7-11-21(19)30-17-20(26)18-8-4-3-5-9-18/h3-11,20H,2,12-17H2,1H3/t20-/m0/s1. The highest BCUT2D eigenvalue weighted by atomic mass is 16.6. The van der Waals surface area contributed by atoms with Gasteiger partial charge in [-0.25, -0.2) is 4.79 Å². The molecule has 1 saturated heterocycles. The topological polar surface area (TPSA) is 62.3 Å². The monoisotopic (exact) mass is 409 g/mol. The molecule has 2 aliphatic heterocycles. The summed E-state index contributed by atoms with van der Waals surface area (Å²) in [5.41, 5.74) is 1.85. The molecule has 0 radical (unpaired) electrons. The lowest BCUT2D eigenvalue weighted by molar-refractivity contribution is -0.121. The summed E-state index contributed by atoms with van der Waals surface area (Å²) in [6, 6.07) is 17.5. The van der Waals surface area contributed by atoms with Crippen LogP contribution in [-0.2, 0) is 9.53 Å². The summed E-state index contributed by atoms with van der Waals surface area (Å²) < 4.78 is 11.0. The van der Waals surface area contributed by atoms with Gasteiger partial charge in [0.2, 0.25) is 5.91 Å². The molecule has 0 N–H and O–H groups in total. The molecule has 2 amide bonds. The second-order valence-electron chi connectivity index (χ2n) is 7.43. The maximum Gasteiger partial charge on any atom is 0.409 e. The van der Waals surface area contributed by atoms with Gasteiger partial charge in [-0.2, -0.15) is 0 Å². The number of ether oxygens (including phenoxy) is 2. The Morgan fingerprint density at radius 2 is 1.70 bits per heavy atom. The fourth-order valence-corrected chi connectivity index (χ4v) is 3.99. The van der Waals surface area contributed by atoms with Crippen LogP contribution >= 0.6 is 0 Å². The van der Waals surface area contributed by atoms with Crippen molar-refractivity contribution in [3.05, 3.63) is 60.2 Å². The lowest BCUT2D eigenvalue weighted by Gasteiger charge is -2.39. The lowest BCUT2D eigenvalue weighted by atomic mass is 10.0. The molecular weight excluding hydrogens is 382 g/mol. The molecule has 0 spiro atoms. The third-order valence-corrected chi connectivity index (χ3v) is 5.54. The van der Waals surface area contributed by atoms with Crippen molar-refractivity contribution >= 4 is 17.7 Å². The van der Waals surface area contributed by atoms with E-state index < -0.39 is 0 Å². The van der Waals surface area contributed by atoms with Crippen molar-refractivity contribution in [3.63, 3.8) is 0 Å². The second-order valence-corrected chi connectivity index (χ2v) is 7.43. The predicted octanol–water partition coefficient (Wildman–Crippen LogP) is 2.93. The van der Waals surface area contributed by atoms with E-state index in [1.165, 1.54) is 0 Å². The number of carbonyl (C=O) groups excluding carboxylic acids is 2. The van der Waals surface area contributed by atoms with E-state index in [0.717, 1.165) is 17.0 Å². The van der Waals surface area contributed by atoms with E-state index in [9.17, 15) is 9.59 Å². The van der Waals surface area contributed by atoms with Crippen LogP contribution < -0.4 is 9.64 Å². The van der Waals surface area contributed by atoms with Gasteiger partial charge in [-0.15, -0.1) is 0 Å². The van der Waals surface area contributed by atoms with Crippen LogP contribution in [0.2, 0.25) is 0 Å². The fourth-order valence-electron chi connectivity index (χ4n) is 3.99. The van der Waals surface area contributed by atoms with Crippen LogP contribution in [0, 0.1) is 0 Å². The zero-order valence-electron chi connectivity index (χ0n) is 17.2. The van der Waals surface area contributed by atoms with Gasteiger partial charge < -0.3 is 14.4 Å².